The highest BCUT2D eigenvalue weighted by Crippen LogP contribution is 2.27. The number of hydrogen-bond donors (Lipinski definition) is 0. The molecule has 3 nitrogen and oxygen atoms in total. The van der Waals surface area contributed by atoms with Crippen molar-refractivity contribution >= 4 is 22.1 Å². The summed E-state index contributed by atoms with van der Waals surface area (Å²) in [7, 11) is 0. The van der Waals surface area contributed by atoms with Gasteiger partial charge < -0.3 is 4.57 Å². The van der Waals surface area contributed by atoms with Gasteiger partial charge in [-0.3, -0.25) is 9.97 Å². The van der Waals surface area contributed by atoms with Gasteiger partial charge in [0.15, 0.2) is 0 Å². The molecule has 0 aromatic carbocycles. The van der Waals surface area contributed by atoms with Crippen LogP contribution in [0.1, 0.15) is 39.5 Å². The number of fused-ring (bicyclic) bond motifs is 3. The normalized spacial score (nSPS) is 13.0. The van der Waals surface area contributed by atoms with E-state index >= 15 is 0 Å². The molecule has 1 unspecified atom stereocenters. The Labute approximate surface area is 126 Å². The van der Waals surface area contributed by atoms with Gasteiger partial charge in [-0.1, -0.05) is 33.1 Å². The molecule has 1 atom stereocenters. The second-order valence-electron chi connectivity index (χ2n) is 5.77. The van der Waals surface area contributed by atoms with Crippen molar-refractivity contribution in [1.82, 2.24) is 14.5 Å². The fourth-order valence-corrected chi connectivity index (χ4v) is 3.10. The van der Waals surface area contributed by atoms with Crippen LogP contribution in [0.15, 0.2) is 36.7 Å². The molecule has 0 amide bonds. The van der Waals surface area contributed by atoms with E-state index in [9.17, 15) is 0 Å². The molecule has 3 rings (SSSR count). The quantitative estimate of drug-likeness (QED) is 0.649. The maximum atomic E-state index is 4.54. The minimum atomic E-state index is 0.726. The molecular weight excluding hydrogens is 258 g/mol. The fourth-order valence-electron chi connectivity index (χ4n) is 3.10. The van der Waals surface area contributed by atoms with Gasteiger partial charge in [0.05, 0.1) is 11.0 Å². The second kappa shape index (κ2) is 6.25. The van der Waals surface area contributed by atoms with Crippen molar-refractivity contribution in [3.8, 4) is 0 Å². The van der Waals surface area contributed by atoms with Crippen LogP contribution < -0.4 is 0 Å². The zero-order valence-electron chi connectivity index (χ0n) is 12.9. The summed E-state index contributed by atoms with van der Waals surface area (Å²) in [6.45, 7) is 5.62. The molecule has 3 heterocycles. The highest BCUT2D eigenvalue weighted by atomic mass is 15.0. The van der Waals surface area contributed by atoms with E-state index in [4.69, 9.17) is 0 Å². The Hall–Kier alpha value is -1.90. The molecule has 0 radical (unpaired) electrons. The molecule has 3 heteroatoms. The van der Waals surface area contributed by atoms with Gasteiger partial charge in [0.25, 0.3) is 0 Å². The van der Waals surface area contributed by atoms with E-state index in [1.54, 1.807) is 0 Å². The molecule has 110 valence electrons. The monoisotopic (exact) mass is 281 g/mol. The van der Waals surface area contributed by atoms with Crippen LogP contribution >= 0.6 is 0 Å². The predicted octanol–water partition coefficient (Wildman–Crippen LogP) is 4.80. The lowest BCUT2D eigenvalue weighted by molar-refractivity contribution is 0.401. The van der Waals surface area contributed by atoms with Crippen LogP contribution in [0.4, 0.5) is 0 Å². The van der Waals surface area contributed by atoms with Gasteiger partial charge in [-0.15, -0.1) is 0 Å². The van der Waals surface area contributed by atoms with E-state index in [-0.39, 0.29) is 0 Å². The molecule has 0 saturated heterocycles. The molecule has 0 aliphatic carbocycles. The Morgan fingerprint density at radius 2 is 1.62 bits per heavy atom. The standard InChI is InChI=1S/C18H23N3/c1-3-5-8-14(4-2)13-21-15-9-6-11-19-17(15)18-16(21)10-7-12-20-18/h6-7,9-12,14H,3-5,8,13H2,1-2H3. The molecule has 0 aliphatic heterocycles. The molecule has 0 fully saturated rings. The summed E-state index contributed by atoms with van der Waals surface area (Å²) in [5.41, 5.74) is 4.47. The third kappa shape index (κ3) is 2.65. The number of rotatable bonds is 6. The van der Waals surface area contributed by atoms with E-state index in [0.717, 1.165) is 23.5 Å². The van der Waals surface area contributed by atoms with Gasteiger partial charge in [0.2, 0.25) is 0 Å². The summed E-state index contributed by atoms with van der Waals surface area (Å²) < 4.78 is 2.41. The summed E-state index contributed by atoms with van der Waals surface area (Å²) in [6, 6.07) is 8.36. The first kappa shape index (κ1) is 14.1. The minimum absolute atomic E-state index is 0.726. The van der Waals surface area contributed by atoms with Crippen LogP contribution in [-0.2, 0) is 6.54 Å². The second-order valence-corrected chi connectivity index (χ2v) is 5.77. The molecule has 0 saturated carbocycles. The molecule has 0 spiro atoms. The smallest absolute Gasteiger partial charge is 0.114 e. The number of nitrogens with zero attached hydrogens (tertiary/aromatic N) is 3. The Morgan fingerprint density at radius 3 is 2.14 bits per heavy atom. The Bertz CT molecular complexity index is 676. The molecule has 3 aromatic rings. The molecule has 0 bridgehead atoms. The Kier molecular flexibility index (Phi) is 4.18. The topological polar surface area (TPSA) is 30.7 Å². The molecular formula is C18H23N3. The molecule has 21 heavy (non-hydrogen) atoms. The van der Waals surface area contributed by atoms with E-state index in [0.29, 0.717) is 0 Å². The highest BCUT2D eigenvalue weighted by molar-refractivity contribution is 6.02. The summed E-state index contributed by atoms with van der Waals surface area (Å²) >= 11 is 0. The van der Waals surface area contributed by atoms with E-state index in [1.807, 2.05) is 24.5 Å². The van der Waals surface area contributed by atoms with E-state index in [1.165, 1.54) is 36.7 Å². The first-order valence-corrected chi connectivity index (χ1v) is 8.03. The zero-order chi connectivity index (χ0) is 14.7. The first-order chi connectivity index (χ1) is 10.3. The van der Waals surface area contributed by atoms with Crippen molar-refractivity contribution in [1.29, 1.82) is 0 Å². The third-order valence-corrected chi connectivity index (χ3v) is 4.36. The molecule has 0 aliphatic rings. The fraction of sp³-hybridized carbons (Fsp3) is 0.444. The van der Waals surface area contributed by atoms with E-state index in [2.05, 4.69) is 40.5 Å². The van der Waals surface area contributed by atoms with Crippen LogP contribution in [0.25, 0.3) is 22.1 Å². The van der Waals surface area contributed by atoms with Gasteiger partial charge >= 0.3 is 0 Å². The Morgan fingerprint density at radius 1 is 1.00 bits per heavy atom. The van der Waals surface area contributed by atoms with Crippen molar-refractivity contribution in [2.45, 2.75) is 46.1 Å². The van der Waals surface area contributed by atoms with Crippen molar-refractivity contribution in [3.05, 3.63) is 36.7 Å². The number of aromatic nitrogens is 3. The molecule has 0 N–H and O–H groups in total. The number of pyridine rings is 2. The van der Waals surface area contributed by atoms with Gasteiger partial charge in [-0.25, -0.2) is 0 Å². The van der Waals surface area contributed by atoms with Crippen molar-refractivity contribution in [2.75, 3.05) is 0 Å². The van der Waals surface area contributed by atoms with Crippen molar-refractivity contribution in [3.63, 3.8) is 0 Å². The minimum Gasteiger partial charge on any atom is -0.338 e. The first-order valence-electron chi connectivity index (χ1n) is 8.03. The zero-order valence-corrected chi connectivity index (χ0v) is 12.9. The summed E-state index contributed by atoms with van der Waals surface area (Å²) in [5.74, 6) is 0.726. The van der Waals surface area contributed by atoms with Crippen LogP contribution in [0.5, 0.6) is 0 Å². The number of hydrogen-bond acceptors (Lipinski definition) is 2. The Balaban J connectivity index is 2.06. The van der Waals surface area contributed by atoms with Crippen LogP contribution in [0.2, 0.25) is 0 Å². The van der Waals surface area contributed by atoms with Crippen LogP contribution in [-0.4, -0.2) is 14.5 Å². The maximum absolute atomic E-state index is 4.54. The average Bonchev–Trinajstić information content (AvgIpc) is 2.86. The van der Waals surface area contributed by atoms with Gasteiger partial charge in [0, 0.05) is 18.9 Å². The molecule has 3 aromatic heterocycles. The van der Waals surface area contributed by atoms with Crippen molar-refractivity contribution in [2.24, 2.45) is 5.92 Å². The highest BCUT2D eigenvalue weighted by Gasteiger charge is 2.15. The lowest BCUT2D eigenvalue weighted by Gasteiger charge is -2.17. The van der Waals surface area contributed by atoms with Crippen LogP contribution in [0.3, 0.4) is 0 Å². The lowest BCUT2D eigenvalue weighted by Crippen LogP contribution is -2.10. The van der Waals surface area contributed by atoms with Gasteiger partial charge in [-0.2, -0.15) is 0 Å². The third-order valence-electron chi connectivity index (χ3n) is 4.36. The van der Waals surface area contributed by atoms with E-state index < -0.39 is 0 Å². The number of unbranched alkanes of at least 4 members (excludes halogenated alkanes) is 1. The van der Waals surface area contributed by atoms with Crippen molar-refractivity contribution < 1.29 is 0 Å². The average molecular weight is 281 g/mol. The maximum Gasteiger partial charge on any atom is 0.114 e. The summed E-state index contributed by atoms with van der Waals surface area (Å²) in [5, 5.41) is 0. The predicted molar refractivity (Wildman–Crippen MR) is 88.3 cm³/mol. The summed E-state index contributed by atoms with van der Waals surface area (Å²) in [6.07, 6.45) is 8.82. The van der Waals surface area contributed by atoms with Gasteiger partial charge in [-0.05, 0) is 36.6 Å². The largest absolute Gasteiger partial charge is 0.338 e. The lowest BCUT2D eigenvalue weighted by atomic mass is 9.99. The van der Waals surface area contributed by atoms with Gasteiger partial charge in [0.1, 0.15) is 11.0 Å². The van der Waals surface area contributed by atoms with Crippen LogP contribution in [0, 0.1) is 5.92 Å². The summed E-state index contributed by atoms with van der Waals surface area (Å²) in [4.78, 5) is 9.08. The SMILES string of the molecule is CCCCC(CC)Cn1c2cccnc2c2ncccc21.